The number of ether oxygens (including phenoxy) is 1. The summed E-state index contributed by atoms with van der Waals surface area (Å²) < 4.78 is 5.50. The monoisotopic (exact) mass is 287 g/mol. The van der Waals surface area contributed by atoms with E-state index in [4.69, 9.17) is 4.74 Å². The first-order valence-electron chi connectivity index (χ1n) is 8.09. The predicted octanol–water partition coefficient (Wildman–Crippen LogP) is 3.34. The number of aryl methyl sites for hydroxylation is 1. The van der Waals surface area contributed by atoms with E-state index < -0.39 is 0 Å². The Kier molecular flexibility index (Phi) is 4.29. The lowest BCUT2D eigenvalue weighted by Crippen LogP contribution is -2.37. The number of carbonyl (C=O) groups is 1. The van der Waals surface area contributed by atoms with Gasteiger partial charge in [-0.25, -0.2) is 0 Å². The van der Waals surface area contributed by atoms with Gasteiger partial charge in [0, 0.05) is 30.5 Å². The molecule has 1 aromatic carbocycles. The molecule has 0 radical (unpaired) electrons. The van der Waals surface area contributed by atoms with Crippen molar-refractivity contribution >= 4 is 5.78 Å². The minimum atomic E-state index is 0.281. The summed E-state index contributed by atoms with van der Waals surface area (Å²) in [6.07, 6.45) is 5.35. The van der Waals surface area contributed by atoms with Crippen LogP contribution in [0, 0.1) is 12.8 Å². The lowest BCUT2D eigenvalue weighted by atomic mass is 9.94. The van der Waals surface area contributed by atoms with Crippen LogP contribution in [0.3, 0.4) is 0 Å². The van der Waals surface area contributed by atoms with Gasteiger partial charge in [0.1, 0.15) is 11.5 Å². The highest BCUT2D eigenvalue weighted by Crippen LogP contribution is 2.35. The fourth-order valence-electron chi connectivity index (χ4n) is 4.00. The maximum atomic E-state index is 12.1. The van der Waals surface area contributed by atoms with Gasteiger partial charge in [-0.15, -0.1) is 0 Å². The van der Waals surface area contributed by atoms with Crippen molar-refractivity contribution in [2.75, 3.05) is 13.7 Å². The number of benzene rings is 1. The predicted molar refractivity (Wildman–Crippen MR) is 83.5 cm³/mol. The van der Waals surface area contributed by atoms with Gasteiger partial charge >= 0.3 is 0 Å². The number of rotatable bonds is 4. The van der Waals surface area contributed by atoms with E-state index in [1.165, 1.54) is 24.0 Å². The van der Waals surface area contributed by atoms with Crippen molar-refractivity contribution in [3.05, 3.63) is 29.3 Å². The van der Waals surface area contributed by atoms with Gasteiger partial charge in [-0.3, -0.25) is 9.69 Å². The molecular weight excluding hydrogens is 262 g/mol. The molecule has 3 heteroatoms. The van der Waals surface area contributed by atoms with E-state index in [9.17, 15) is 4.79 Å². The smallest absolute Gasteiger partial charge is 0.137 e. The summed E-state index contributed by atoms with van der Waals surface area (Å²) in [6, 6.07) is 6.80. The Morgan fingerprint density at radius 1 is 1.29 bits per heavy atom. The molecule has 0 bridgehead atoms. The van der Waals surface area contributed by atoms with E-state index >= 15 is 0 Å². The third-order valence-corrected chi connectivity index (χ3v) is 5.04. The molecule has 1 saturated heterocycles. The van der Waals surface area contributed by atoms with Crippen LogP contribution in [0.25, 0.3) is 0 Å². The maximum Gasteiger partial charge on any atom is 0.137 e. The molecule has 0 aromatic heterocycles. The number of carbonyl (C=O) groups excluding carboxylic acids is 1. The number of methoxy groups -OCH3 is 1. The quantitative estimate of drug-likeness (QED) is 0.850. The van der Waals surface area contributed by atoms with Crippen LogP contribution in [-0.4, -0.2) is 30.4 Å². The Bertz CT molecular complexity index is 526. The standard InChI is InChI=1S/C18H25NO2/c1-13-8-9-18(21-2)14(11-13)12-19-10-4-6-16(19)15-5-3-7-17(15)20/h8-9,11,15-16H,3-7,10,12H2,1-2H3. The van der Waals surface area contributed by atoms with Crippen molar-refractivity contribution in [1.82, 2.24) is 4.90 Å². The second-order valence-corrected chi connectivity index (χ2v) is 6.46. The fourth-order valence-corrected chi connectivity index (χ4v) is 4.00. The van der Waals surface area contributed by atoms with Crippen LogP contribution in [0.1, 0.15) is 43.2 Å². The summed E-state index contributed by atoms with van der Waals surface area (Å²) >= 11 is 0. The van der Waals surface area contributed by atoms with Crippen LogP contribution in [0.2, 0.25) is 0 Å². The van der Waals surface area contributed by atoms with Gasteiger partial charge in [-0.2, -0.15) is 0 Å². The molecule has 2 aliphatic rings. The second kappa shape index (κ2) is 6.18. The van der Waals surface area contributed by atoms with E-state index in [0.717, 1.165) is 38.1 Å². The molecule has 3 rings (SSSR count). The summed E-state index contributed by atoms with van der Waals surface area (Å²) in [4.78, 5) is 14.6. The molecule has 0 N–H and O–H groups in total. The lowest BCUT2D eigenvalue weighted by molar-refractivity contribution is -0.122. The molecule has 2 fully saturated rings. The average molecular weight is 287 g/mol. The zero-order valence-electron chi connectivity index (χ0n) is 13.1. The highest BCUT2D eigenvalue weighted by molar-refractivity contribution is 5.83. The van der Waals surface area contributed by atoms with E-state index in [1.807, 2.05) is 0 Å². The highest BCUT2D eigenvalue weighted by Gasteiger charge is 2.38. The number of likely N-dealkylation sites (tertiary alicyclic amines) is 1. The van der Waals surface area contributed by atoms with Gasteiger partial charge in [0.05, 0.1) is 7.11 Å². The summed E-state index contributed by atoms with van der Waals surface area (Å²) in [5, 5.41) is 0. The summed E-state index contributed by atoms with van der Waals surface area (Å²) in [5.41, 5.74) is 2.51. The Morgan fingerprint density at radius 2 is 2.14 bits per heavy atom. The van der Waals surface area contributed by atoms with Gasteiger partial charge in [-0.1, -0.05) is 17.7 Å². The fraction of sp³-hybridized carbons (Fsp3) is 0.611. The van der Waals surface area contributed by atoms with Crippen LogP contribution in [-0.2, 0) is 11.3 Å². The molecule has 0 amide bonds. The molecule has 21 heavy (non-hydrogen) atoms. The number of nitrogens with zero attached hydrogens (tertiary/aromatic N) is 1. The van der Waals surface area contributed by atoms with Crippen LogP contribution in [0.5, 0.6) is 5.75 Å². The molecule has 2 unspecified atom stereocenters. The summed E-state index contributed by atoms with van der Waals surface area (Å²) in [6.45, 7) is 4.12. The van der Waals surface area contributed by atoms with E-state index in [-0.39, 0.29) is 5.92 Å². The first-order valence-corrected chi connectivity index (χ1v) is 8.09. The molecule has 2 atom stereocenters. The van der Waals surface area contributed by atoms with Gasteiger partial charge in [0.25, 0.3) is 0 Å². The number of hydrogen-bond donors (Lipinski definition) is 0. The molecule has 1 saturated carbocycles. The normalized spacial score (nSPS) is 26.5. The summed E-state index contributed by atoms with van der Waals surface area (Å²) in [7, 11) is 1.73. The molecule has 1 aliphatic carbocycles. The first kappa shape index (κ1) is 14.6. The Hall–Kier alpha value is -1.35. The van der Waals surface area contributed by atoms with E-state index in [0.29, 0.717) is 11.8 Å². The molecule has 0 spiro atoms. The van der Waals surface area contributed by atoms with Crippen LogP contribution >= 0.6 is 0 Å². The second-order valence-electron chi connectivity index (χ2n) is 6.46. The van der Waals surface area contributed by atoms with Crippen molar-refractivity contribution < 1.29 is 9.53 Å². The third kappa shape index (κ3) is 2.98. The first-order chi connectivity index (χ1) is 10.2. The minimum Gasteiger partial charge on any atom is -0.496 e. The average Bonchev–Trinajstić information content (AvgIpc) is 3.08. The van der Waals surface area contributed by atoms with Crippen molar-refractivity contribution in [1.29, 1.82) is 0 Å². The van der Waals surface area contributed by atoms with Crippen LogP contribution < -0.4 is 4.74 Å². The Morgan fingerprint density at radius 3 is 2.86 bits per heavy atom. The lowest BCUT2D eigenvalue weighted by Gasteiger charge is -2.29. The molecule has 1 aliphatic heterocycles. The zero-order chi connectivity index (χ0) is 14.8. The van der Waals surface area contributed by atoms with Gasteiger partial charge < -0.3 is 4.74 Å². The van der Waals surface area contributed by atoms with Crippen molar-refractivity contribution in [3.8, 4) is 5.75 Å². The SMILES string of the molecule is COc1ccc(C)cc1CN1CCCC1C1CCCC1=O. The number of ketones is 1. The van der Waals surface area contributed by atoms with E-state index in [1.54, 1.807) is 7.11 Å². The van der Waals surface area contributed by atoms with Crippen LogP contribution in [0.15, 0.2) is 18.2 Å². The number of hydrogen-bond acceptors (Lipinski definition) is 3. The molecule has 1 heterocycles. The maximum absolute atomic E-state index is 12.1. The van der Waals surface area contributed by atoms with Gasteiger partial charge in [-0.05, 0) is 45.2 Å². The third-order valence-electron chi connectivity index (χ3n) is 5.04. The molecular formula is C18H25NO2. The topological polar surface area (TPSA) is 29.5 Å². The molecule has 1 aromatic rings. The number of Topliss-reactive ketones (excluding diaryl/α,β-unsaturated/α-hetero) is 1. The van der Waals surface area contributed by atoms with Crippen molar-refractivity contribution in [2.45, 2.75) is 51.6 Å². The van der Waals surface area contributed by atoms with Crippen LogP contribution in [0.4, 0.5) is 0 Å². The molecule has 3 nitrogen and oxygen atoms in total. The largest absolute Gasteiger partial charge is 0.496 e. The van der Waals surface area contributed by atoms with Gasteiger partial charge in [0.15, 0.2) is 0 Å². The molecule has 114 valence electrons. The highest BCUT2D eigenvalue weighted by atomic mass is 16.5. The summed E-state index contributed by atoms with van der Waals surface area (Å²) in [5.74, 6) is 1.73. The van der Waals surface area contributed by atoms with E-state index in [2.05, 4.69) is 30.0 Å². The zero-order valence-corrected chi connectivity index (χ0v) is 13.1. The van der Waals surface area contributed by atoms with Crippen molar-refractivity contribution in [2.24, 2.45) is 5.92 Å². The Labute approximate surface area is 127 Å². The minimum absolute atomic E-state index is 0.281. The van der Waals surface area contributed by atoms with Gasteiger partial charge in [0.2, 0.25) is 0 Å². The Balaban J connectivity index is 1.77. The van der Waals surface area contributed by atoms with Crippen molar-refractivity contribution in [3.63, 3.8) is 0 Å².